The molecular formula is C18H25N3O2. The summed E-state index contributed by atoms with van der Waals surface area (Å²) in [5.74, 6) is 1.94. The van der Waals surface area contributed by atoms with Crippen LogP contribution in [0, 0.1) is 0 Å². The number of benzene rings is 1. The van der Waals surface area contributed by atoms with Crippen LogP contribution in [0.15, 0.2) is 36.7 Å². The maximum Gasteiger partial charge on any atom is 0.139 e. The maximum absolute atomic E-state index is 5.92. The zero-order valence-electron chi connectivity index (χ0n) is 14.0. The van der Waals surface area contributed by atoms with Gasteiger partial charge in [0.2, 0.25) is 0 Å². The van der Waals surface area contributed by atoms with E-state index in [-0.39, 0.29) is 6.10 Å². The number of hydrogen-bond acceptors (Lipinski definition) is 4. The number of ether oxygens (including phenoxy) is 2. The van der Waals surface area contributed by atoms with Gasteiger partial charge in [0, 0.05) is 38.1 Å². The fourth-order valence-electron chi connectivity index (χ4n) is 3.29. The molecule has 0 spiro atoms. The van der Waals surface area contributed by atoms with Gasteiger partial charge in [0.05, 0.1) is 7.11 Å². The lowest BCUT2D eigenvalue weighted by Crippen LogP contribution is -2.40. The standard InChI is InChI=1S/C18H25N3O2/c1-13(12-14-6-4-5-7-16(14)22-3)20-15-8-11-23-17(15)18-19-9-10-21(18)2/h4-7,9-10,13,15,17,20H,8,11-12H2,1-3H3/t13-,15-,17-/m0/s1. The molecule has 3 atom stereocenters. The number of aromatic nitrogens is 2. The van der Waals surface area contributed by atoms with Gasteiger partial charge in [-0.1, -0.05) is 18.2 Å². The molecule has 0 bridgehead atoms. The molecule has 5 nitrogen and oxygen atoms in total. The van der Waals surface area contributed by atoms with Crippen molar-refractivity contribution in [3.63, 3.8) is 0 Å². The number of imidazole rings is 1. The highest BCUT2D eigenvalue weighted by atomic mass is 16.5. The highest BCUT2D eigenvalue weighted by Crippen LogP contribution is 2.28. The Morgan fingerprint density at radius 3 is 3.00 bits per heavy atom. The van der Waals surface area contributed by atoms with Crippen molar-refractivity contribution in [3.8, 4) is 5.75 Å². The number of rotatable bonds is 6. The minimum Gasteiger partial charge on any atom is -0.496 e. The van der Waals surface area contributed by atoms with Crippen molar-refractivity contribution >= 4 is 0 Å². The van der Waals surface area contributed by atoms with E-state index in [1.807, 2.05) is 36.1 Å². The van der Waals surface area contributed by atoms with Crippen LogP contribution in [-0.2, 0) is 18.2 Å². The molecule has 1 fully saturated rings. The third-order valence-electron chi connectivity index (χ3n) is 4.42. The normalized spacial score (nSPS) is 22.2. The van der Waals surface area contributed by atoms with Crippen LogP contribution in [0.3, 0.4) is 0 Å². The topological polar surface area (TPSA) is 48.3 Å². The molecule has 1 aliphatic rings. The van der Waals surface area contributed by atoms with Crippen LogP contribution in [0.1, 0.15) is 30.8 Å². The highest BCUT2D eigenvalue weighted by Gasteiger charge is 2.33. The molecular weight excluding hydrogens is 290 g/mol. The fourth-order valence-corrected chi connectivity index (χ4v) is 3.29. The van der Waals surface area contributed by atoms with Crippen LogP contribution < -0.4 is 10.1 Å². The van der Waals surface area contributed by atoms with E-state index in [9.17, 15) is 0 Å². The van der Waals surface area contributed by atoms with Crippen molar-refractivity contribution in [2.24, 2.45) is 7.05 Å². The summed E-state index contributed by atoms with van der Waals surface area (Å²) in [4.78, 5) is 4.44. The number of methoxy groups -OCH3 is 1. The molecule has 2 aromatic rings. The first kappa shape index (κ1) is 16.0. The van der Waals surface area contributed by atoms with Crippen molar-refractivity contribution < 1.29 is 9.47 Å². The van der Waals surface area contributed by atoms with Crippen molar-refractivity contribution in [1.29, 1.82) is 0 Å². The molecule has 0 aliphatic carbocycles. The maximum atomic E-state index is 5.92. The average molecular weight is 315 g/mol. The largest absolute Gasteiger partial charge is 0.496 e. The van der Waals surface area contributed by atoms with Gasteiger partial charge >= 0.3 is 0 Å². The summed E-state index contributed by atoms with van der Waals surface area (Å²) in [6, 6.07) is 8.82. The Kier molecular flexibility index (Phi) is 4.98. The van der Waals surface area contributed by atoms with Crippen LogP contribution in [0.5, 0.6) is 5.75 Å². The van der Waals surface area contributed by atoms with Crippen LogP contribution in [-0.4, -0.2) is 35.4 Å². The third kappa shape index (κ3) is 3.57. The van der Waals surface area contributed by atoms with E-state index in [2.05, 4.69) is 29.4 Å². The summed E-state index contributed by atoms with van der Waals surface area (Å²) in [6.07, 6.45) is 5.75. The third-order valence-corrected chi connectivity index (χ3v) is 4.42. The molecule has 0 saturated carbocycles. The monoisotopic (exact) mass is 315 g/mol. The summed E-state index contributed by atoms with van der Waals surface area (Å²) in [6.45, 7) is 2.98. The van der Waals surface area contributed by atoms with Gasteiger partial charge in [-0.15, -0.1) is 0 Å². The molecule has 23 heavy (non-hydrogen) atoms. The second kappa shape index (κ2) is 7.15. The van der Waals surface area contributed by atoms with Crippen LogP contribution in [0.4, 0.5) is 0 Å². The van der Waals surface area contributed by atoms with Gasteiger partial charge in [0.25, 0.3) is 0 Å². The summed E-state index contributed by atoms with van der Waals surface area (Å²) >= 11 is 0. The smallest absolute Gasteiger partial charge is 0.139 e. The van der Waals surface area contributed by atoms with Crippen molar-refractivity contribution in [2.75, 3.05) is 13.7 Å². The Balaban J connectivity index is 1.65. The van der Waals surface area contributed by atoms with E-state index in [1.165, 1.54) is 5.56 Å². The Hall–Kier alpha value is -1.85. The quantitative estimate of drug-likeness (QED) is 0.890. The fraction of sp³-hybridized carbons (Fsp3) is 0.500. The minimum absolute atomic E-state index is 0.0233. The van der Waals surface area contributed by atoms with Crippen LogP contribution in [0.25, 0.3) is 0 Å². The van der Waals surface area contributed by atoms with Crippen molar-refractivity contribution in [3.05, 3.63) is 48.0 Å². The number of hydrogen-bond donors (Lipinski definition) is 1. The SMILES string of the molecule is COc1ccccc1C[C@H](C)N[C@H]1CCO[C@@H]1c1nccn1C. The molecule has 0 unspecified atom stereocenters. The summed E-state index contributed by atoms with van der Waals surface area (Å²) in [7, 11) is 3.73. The first-order valence-corrected chi connectivity index (χ1v) is 8.16. The van der Waals surface area contributed by atoms with E-state index >= 15 is 0 Å². The Labute approximate surface area is 137 Å². The lowest BCUT2D eigenvalue weighted by molar-refractivity contribution is 0.0876. The van der Waals surface area contributed by atoms with E-state index in [1.54, 1.807) is 7.11 Å². The first-order valence-electron chi connectivity index (χ1n) is 8.16. The number of aryl methyl sites for hydroxylation is 1. The molecule has 2 heterocycles. The molecule has 1 saturated heterocycles. The van der Waals surface area contributed by atoms with Gasteiger partial charge in [-0.05, 0) is 31.4 Å². The summed E-state index contributed by atoms with van der Waals surface area (Å²) < 4.78 is 13.4. The summed E-state index contributed by atoms with van der Waals surface area (Å²) in [5.41, 5.74) is 1.22. The van der Waals surface area contributed by atoms with Crippen LogP contribution >= 0.6 is 0 Å². The van der Waals surface area contributed by atoms with Crippen LogP contribution in [0.2, 0.25) is 0 Å². The lowest BCUT2D eigenvalue weighted by Gasteiger charge is -2.24. The van der Waals surface area contributed by atoms with Gasteiger partial charge in [0.1, 0.15) is 17.7 Å². The minimum atomic E-state index is 0.0233. The molecule has 1 aromatic heterocycles. The highest BCUT2D eigenvalue weighted by molar-refractivity contribution is 5.33. The van der Waals surface area contributed by atoms with Gasteiger partial charge in [-0.2, -0.15) is 0 Å². The second-order valence-corrected chi connectivity index (χ2v) is 6.17. The zero-order valence-corrected chi connectivity index (χ0v) is 14.0. The van der Waals surface area contributed by atoms with E-state index in [0.717, 1.165) is 31.0 Å². The van der Waals surface area contributed by atoms with Gasteiger partial charge in [-0.3, -0.25) is 0 Å². The van der Waals surface area contributed by atoms with E-state index in [4.69, 9.17) is 9.47 Å². The molecule has 1 aromatic carbocycles. The molecule has 124 valence electrons. The number of para-hydroxylation sites is 1. The van der Waals surface area contributed by atoms with Crippen molar-refractivity contribution in [1.82, 2.24) is 14.9 Å². The summed E-state index contributed by atoms with van der Waals surface area (Å²) in [5, 5.41) is 3.71. The van der Waals surface area contributed by atoms with E-state index < -0.39 is 0 Å². The van der Waals surface area contributed by atoms with Gasteiger partial charge < -0.3 is 19.4 Å². The molecule has 5 heteroatoms. The Morgan fingerprint density at radius 2 is 2.26 bits per heavy atom. The molecule has 0 radical (unpaired) electrons. The van der Waals surface area contributed by atoms with E-state index in [0.29, 0.717) is 12.1 Å². The zero-order chi connectivity index (χ0) is 16.2. The molecule has 0 amide bonds. The van der Waals surface area contributed by atoms with Gasteiger partial charge in [-0.25, -0.2) is 4.98 Å². The number of nitrogens with zero attached hydrogens (tertiary/aromatic N) is 2. The molecule has 1 N–H and O–H groups in total. The molecule has 3 rings (SSSR count). The predicted octanol–water partition coefficient (Wildman–Crippen LogP) is 2.48. The number of nitrogens with one attached hydrogen (secondary N) is 1. The molecule has 1 aliphatic heterocycles. The lowest BCUT2D eigenvalue weighted by atomic mass is 10.0. The van der Waals surface area contributed by atoms with Crippen molar-refractivity contribution in [2.45, 2.75) is 38.0 Å². The average Bonchev–Trinajstić information content (AvgIpc) is 3.16. The Bertz CT molecular complexity index is 641. The predicted molar refractivity (Wildman–Crippen MR) is 89.6 cm³/mol. The van der Waals surface area contributed by atoms with Gasteiger partial charge in [0.15, 0.2) is 0 Å². The second-order valence-electron chi connectivity index (χ2n) is 6.17. The Morgan fingerprint density at radius 1 is 1.43 bits per heavy atom. The first-order chi connectivity index (χ1) is 11.2.